The van der Waals surface area contributed by atoms with Gasteiger partial charge in [0.2, 0.25) is 0 Å². The van der Waals surface area contributed by atoms with Crippen molar-refractivity contribution in [1.29, 1.82) is 0 Å². The minimum Gasteiger partial charge on any atom is -0.380 e. The van der Waals surface area contributed by atoms with Crippen LogP contribution in [0.1, 0.15) is 34.1 Å². The van der Waals surface area contributed by atoms with Crippen LogP contribution >= 0.6 is 0 Å². The topological polar surface area (TPSA) is 24.5 Å². The summed E-state index contributed by atoms with van der Waals surface area (Å²) >= 11 is 0. The van der Waals surface area contributed by atoms with Gasteiger partial charge < -0.3 is 10.1 Å². The van der Waals surface area contributed by atoms with Gasteiger partial charge in [-0.3, -0.25) is 4.90 Å². The average Bonchev–Trinajstić information content (AvgIpc) is 2.29. The minimum absolute atomic E-state index is 0.407. The monoisotopic (exact) mass is 228 g/mol. The number of nitrogens with zero attached hydrogens (tertiary/aromatic N) is 1. The molecule has 0 aromatic rings. The molecule has 0 aromatic carbocycles. The third kappa shape index (κ3) is 3.44. The molecule has 0 spiro atoms. The van der Waals surface area contributed by atoms with Crippen molar-refractivity contribution in [3.05, 3.63) is 0 Å². The highest BCUT2D eigenvalue weighted by Crippen LogP contribution is 2.21. The number of piperidine rings is 1. The van der Waals surface area contributed by atoms with Crippen molar-refractivity contribution in [3.8, 4) is 0 Å². The molecule has 1 heterocycles. The Morgan fingerprint density at radius 2 is 2.12 bits per heavy atom. The van der Waals surface area contributed by atoms with Crippen LogP contribution in [0.15, 0.2) is 0 Å². The molecule has 0 radical (unpaired) electrons. The van der Waals surface area contributed by atoms with Crippen LogP contribution in [0, 0.1) is 5.92 Å². The second-order valence-electron chi connectivity index (χ2n) is 5.12. The number of ether oxygens (including phenoxy) is 1. The van der Waals surface area contributed by atoms with E-state index in [2.05, 4.69) is 37.9 Å². The van der Waals surface area contributed by atoms with Gasteiger partial charge in [-0.05, 0) is 39.3 Å². The van der Waals surface area contributed by atoms with E-state index in [0.29, 0.717) is 24.1 Å². The number of methoxy groups -OCH3 is 1. The summed E-state index contributed by atoms with van der Waals surface area (Å²) < 4.78 is 5.56. The smallest absolute Gasteiger partial charge is 0.0724 e. The van der Waals surface area contributed by atoms with E-state index in [0.717, 1.165) is 13.1 Å². The van der Waals surface area contributed by atoms with Crippen LogP contribution in [0.25, 0.3) is 0 Å². The molecular formula is C13H28N2O. The normalized spacial score (nSPS) is 31.3. The van der Waals surface area contributed by atoms with Gasteiger partial charge >= 0.3 is 0 Å². The van der Waals surface area contributed by atoms with Crippen molar-refractivity contribution < 1.29 is 4.74 Å². The molecule has 1 N–H and O–H groups in total. The molecular weight excluding hydrogens is 200 g/mol. The maximum atomic E-state index is 5.56. The average molecular weight is 228 g/mol. The Morgan fingerprint density at radius 1 is 1.44 bits per heavy atom. The lowest BCUT2D eigenvalue weighted by molar-refractivity contribution is -0.0206. The van der Waals surface area contributed by atoms with E-state index >= 15 is 0 Å². The SMILES string of the molecule is CCNC(C)C(C)N1CCC(C)C(OC)C1. The Labute approximate surface area is 101 Å². The summed E-state index contributed by atoms with van der Waals surface area (Å²) in [5, 5.41) is 3.50. The van der Waals surface area contributed by atoms with E-state index in [9.17, 15) is 0 Å². The molecule has 0 bridgehead atoms. The number of likely N-dealkylation sites (tertiary alicyclic amines) is 1. The first kappa shape index (κ1) is 13.9. The van der Waals surface area contributed by atoms with Crippen LogP contribution in [-0.2, 0) is 4.74 Å². The molecule has 3 heteroatoms. The third-order valence-corrected chi connectivity index (χ3v) is 4.05. The summed E-state index contributed by atoms with van der Waals surface area (Å²) in [5.74, 6) is 0.697. The van der Waals surface area contributed by atoms with Gasteiger partial charge in [0, 0.05) is 25.7 Å². The summed E-state index contributed by atoms with van der Waals surface area (Å²) in [6, 6.07) is 1.14. The van der Waals surface area contributed by atoms with E-state index in [4.69, 9.17) is 4.74 Å². The van der Waals surface area contributed by atoms with Gasteiger partial charge in [0.05, 0.1) is 6.10 Å². The first-order valence-corrected chi connectivity index (χ1v) is 6.60. The Morgan fingerprint density at radius 3 is 2.69 bits per heavy atom. The van der Waals surface area contributed by atoms with Crippen molar-refractivity contribution >= 4 is 0 Å². The number of hydrogen-bond acceptors (Lipinski definition) is 3. The zero-order valence-corrected chi connectivity index (χ0v) is 11.5. The van der Waals surface area contributed by atoms with Crippen LogP contribution < -0.4 is 5.32 Å². The lowest BCUT2D eigenvalue weighted by Crippen LogP contribution is -2.53. The zero-order chi connectivity index (χ0) is 12.1. The summed E-state index contributed by atoms with van der Waals surface area (Å²) in [7, 11) is 1.84. The number of likely N-dealkylation sites (N-methyl/N-ethyl adjacent to an activating group) is 1. The Bertz CT molecular complexity index is 198. The molecule has 1 aliphatic rings. The fourth-order valence-corrected chi connectivity index (χ4v) is 2.54. The summed E-state index contributed by atoms with van der Waals surface area (Å²) in [6.07, 6.45) is 1.66. The van der Waals surface area contributed by atoms with E-state index in [1.807, 2.05) is 7.11 Å². The van der Waals surface area contributed by atoms with E-state index in [-0.39, 0.29) is 0 Å². The Kier molecular flexibility index (Phi) is 5.73. The highest BCUT2D eigenvalue weighted by atomic mass is 16.5. The van der Waals surface area contributed by atoms with Gasteiger partial charge in [-0.25, -0.2) is 0 Å². The molecule has 1 saturated heterocycles. The molecule has 1 aliphatic heterocycles. The van der Waals surface area contributed by atoms with Crippen molar-refractivity contribution in [2.24, 2.45) is 5.92 Å². The van der Waals surface area contributed by atoms with Crippen LogP contribution in [-0.4, -0.2) is 49.8 Å². The van der Waals surface area contributed by atoms with Crippen molar-refractivity contribution in [3.63, 3.8) is 0 Å². The third-order valence-electron chi connectivity index (χ3n) is 4.05. The molecule has 16 heavy (non-hydrogen) atoms. The second kappa shape index (κ2) is 6.58. The maximum Gasteiger partial charge on any atom is 0.0724 e. The number of nitrogens with one attached hydrogen (secondary N) is 1. The van der Waals surface area contributed by atoms with Crippen molar-refractivity contribution in [2.45, 2.75) is 52.3 Å². The fourth-order valence-electron chi connectivity index (χ4n) is 2.54. The molecule has 1 rings (SSSR count). The van der Waals surface area contributed by atoms with Gasteiger partial charge in [-0.1, -0.05) is 13.8 Å². The predicted octanol–water partition coefficient (Wildman–Crippen LogP) is 1.73. The first-order valence-electron chi connectivity index (χ1n) is 6.60. The van der Waals surface area contributed by atoms with E-state index in [1.54, 1.807) is 0 Å². The van der Waals surface area contributed by atoms with Crippen LogP contribution in [0.5, 0.6) is 0 Å². The molecule has 96 valence electrons. The predicted molar refractivity (Wildman–Crippen MR) is 68.8 cm³/mol. The highest BCUT2D eigenvalue weighted by Gasteiger charge is 2.30. The molecule has 0 aromatic heterocycles. The zero-order valence-electron chi connectivity index (χ0n) is 11.5. The summed E-state index contributed by atoms with van der Waals surface area (Å²) in [6.45, 7) is 12.4. The van der Waals surface area contributed by atoms with E-state index in [1.165, 1.54) is 13.0 Å². The number of hydrogen-bond donors (Lipinski definition) is 1. The molecule has 0 amide bonds. The Balaban J connectivity index is 2.47. The second-order valence-corrected chi connectivity index (χ2v) is 5.12. The molecule has 4 atom stereocenters. The van der Waals surface area contributed by atoms with Crippen LogP contribution in [0.3, 0.4) is 0 Å². The maximum absolute atomic E-state index is 5.56. The molecule has 3 nitrogen and oxygen atoms in total. The van der Waals surface area contributed by atoms with Crippen molar-refractivity contribution in [1.82, 2.24) is 10.2 Å². The first-order chi connectivity index (χ1) is 7.60. The van der Waals surface area contributed by atoms with Gasteiger partial charge in [-0.15, -0.1) is 0 Å². The molecule has 1 fully saturated rings. The summed E-state index contributed by atoms with van der Waals surface area (Å²) in [5.41, 5.74) is 0. The molecule has 0 aliphatic carbocycles. The van der Waals surface area contributed by atoms with Gasteiger partial charge in [0.25, 0.3) is 0 Å². The van der Waals surface area contributed by atoms with Gasteiger partial charge in [-0.2, -0.15) is 0 Å². The van der Waals surface area contributed by atoms with Gasteiger partial charge in [0.15, 0.2) is 0 Å². The summed E-state index contributed by atoms with van der Waals surface area (Å²) in [4.78, 5) is 2.56. The van der Waals surface area contributed by atoms with Gasteiger partial charge in [0.1, 0.15) is 0 Å². The van der Waals surface area contributed by atoms with Crippen LogP contribution in [0.2, 0.25) is 0 Å². The lowest BCUT2D eigenvalue weighted by atomic mass is 9.94. The largest absolute Gasteiger partial charge is 0.380 e. The number of rotatable bonds is 5. The Hall–Kier alpha value is -0.120. The lowest BCUT2D eigenvalue weighted by Gasteiger charge is -2.41. The van der Waals surface area contributed by atoms with Crippen LogP contribution in [0.4, 0.5) is 0 Å². The minimum atomic E-state index is 0.407. The molecule has 4 unspecified atom stereocenters. The quantitative estimate of drug-likeness (QED) is 0.775. The highest BCUT2D eigenvalue weighted by molar-refractivity contribution is 4.85. The molecule has 0 saturated carbocycles. The van der Waals surface area contributed by atoms with E-state index < -0.39 is 0 Å². The standard InChI is InChI=1S/C13H28N2O/c1-6-14-11(3)12(4)15-8-7-10(2)13(9-15)16-5/h10-14H,6-9H2,1-5H3. The van der Waals surface area contributed by atoms with Crippen molar-refractivity contribution in [2.75, 3.05) is 26.7 Å². The fraction of sp³-hybridized carbons (Fsp3) is 1.00.